The number of carbonyl (C=O) groups is 1. The van der Waals surface area contributed by atoms with Crippen LogP contribution in [-0.2, 0) is 4.79 Å². The Hall–Kier alpha value is -0.570. The molecule has 3 heteroatoms. The van der Waals surface area contributed by atoms with Crippen LogP contribution in [0, 0.1) is 11.3 Å². The molecular weight excluding hydrogens is 236 g/mol. The van der Waals surface area contributed by atoms with Crippen LogP contribution >= 0.6 is 0 Å². The number of nitrogens with one attached hydrogen (secondary N) is 2. The van der Waals surface area contributed by atoms with Crippen LogP contribution in [0.15, 0.2) is 0 Å². The molecule has 1 saturated carbocycles. The van der Waals surface area contributed by atoms with E-state index < -0.39 is 0 Å². The second-order valence-electron chi connectivity index (χ2n) is 7.07. The molecule has 0 bridgehead atoms. The lowest BCUT2D eigenvalue weighted by atomic mass is 9.78. The van der Waals surface area contributed by atoms with Gasteiger partial charge in [0.2, 0.25) is 5.91 Å². The van der Waals surface area contributed by atoms with Crippen LogP contribution in [0.5, 0.6) is 0 Å². The first-order chi connectivity index (χ1) is 8.84. The molecule has 0 aliphatic heterocycles. The molecule has 2 N–H and O–H groups in total. The Kier molecular flexibility index (Phi) is 6.31. The molecule has 0 heterocycles. The van der Waals surface area contributed by atoms with E-state index in [9.17, 15) is 4.79 Å². The predicted octanol–water partition coefficient (Wildman–Crippen LogP) is 3.10. The normalized spacial score (nSPS) is 19.9. The summed E-state index contributed by atoms with van der Waals surface area (Å²) in [7, 11) is 0. The zero-order chi connectivity index (χ0) is 14.5. The highest BCUT2D eigenvalue weighted by Gasteiger charge is 2.34. The van der Waals surface area contributed by atoms with Crippen molar-refractivity contribution in [3.05, 3.63) is 0 Å². The molecule has 1 fully saturated rings. The Balaban J connectivity index is 2.45. The minimum Gasteiger partial charge on any atom is -0.353 e. The number of carbonyl (C=O) groups excluding carboxylic acids is 1. The summed E-state index contributed by atoms with van der Waals surface area (Å²) in [4.78, 5) is 11.9. The van der Waals surface area contributed by atoms with Gasteiger partial charge in [-0.05, 0) is 51.4 Å². The summed E-state index contributed by atoms with van der Waals surface area (Å²) >= 11 is 0. The Morgan fingerprint density at radius 3 is 2.16 bits per heavy atom. The fourth-order valence-corrected chi connectivity index (χ4v) is 3.32. The van der Waals surface area contributed by atoms with Crippen molar-refractivity contribution < 1.29 is 4.79 Å². The third-order valence-corrected chi connectivity index (χ3v) is 4.11. The van der Waals surface area contributed by atoms with Gasteiger partial charge in [-0.15, -0.1) is 0 Å². The van der Waals surface area contributed by atoms with E-state index in [2.05, 4.69) is 24.5 Å². The van der Waals surface area contributed by atoms with Gasteiger partial charge in [0.1, 0.15) is 0 Å². The third kappa shape index (κ3) is 5.52. The number of amides is 1. The van der Waals surface area contributed by atoms with Crippen molar-refractivity contribution in [2.45, 2.75) is 78.8 Å². The van der Waals surface area contributed by atoms with Crippen LogP contribution in [0.2, 0.25) is 0 Å². The van der Waals surface area contributed by atoms with E-state index in [-0.39, 0.29) is 18.0 Å². The van der Waals surface area contributed by atoms with Gasteiger partial charge in [-0.1, -0.05) is 26.7 Å². The minimum absolute atomic E-state index is 0.0907. The summed E-state index contributed by atoms with van der Waals surface area (Å²) in [5, 5.41) is 6.43. The van der Waals surface area contributed by atoms with E-state index >= 15 is 0 Å². The molecule has 1 rings (SSSR count). The minimum atomic E-state index is -0.0907. The molecule has 0 saturated heterocycles. The van der Waals surface area contributed by atoms with Crippen LogP contribution in [0.25, 0.3) is 0 Å². The predicted molar refractivity (Wildman–Crippen MR) is 81.1 cm³/mol. The molecule has 112 valence electrons. The molecule has 1 aliphatic carbocycles. The fraction of sp³-hybridized carbons (Fsp3) is 0.938. The summed E-state index contributed by atoms with van der Waals surface area (Å²) < 4.78 is 0. The topological polar surface area (TPSA) is 41.1 Å². The molecule has 1 aliphatic rings. The highest BCUT2D eigenvalue weighted by molar-refractivity contribution is 5.81. The lowest BCUT2D eigenvalue weighted by Gasteiger charge is -2.32. The van der Waals surface area contributed by atoms with Gasteiger partial charge in [-0.25, -0.2) is 0 Å². The SMILES string of the molecule is CC(C)CC1(CNC(C)C(=O)NC(C)C)CCCC1. The fourth-order valence-electron chi connectivity index (χ4n) is 3.32. The number of rotatable bonds is 7. The molecule has 1 atom stereocenters. The van der Waals surface area contributed by atoms with Gasteiger partial charge in [-0.2, -0.15) is 0 Å². The van der Waals surface area contributed by atoms with E-state index in [1.807, 2.05) is 20.8 Å². The summed E-state index contributed by atoms with van der Waals surface area (Å²) in [6, 6.07) is 0.125. The average molecular weight is 268 g/mol. The van der Waals surface area contributed by atoms with Gasteiger partial charge >= 0.3 is 0 Å². The van der Waals surface area contributed by atoms with Crippen molar-refractivity contribution in [1.82, 2.24) is 10.6 Å². The quantitative estimate of drug-likeness (QED) is 0.745. The van der Waals surface area contributed by atoms with E-state index in [4.69, 9.17) is 0 Å². The van der Waals surface area contributed by atoms with Crippen molar-refractivity contribution in [1.29, 1.82) is 0 Å². The standard InChI is InChI=1S/C16H32N2O/c1-12(2)10-16(8-6-7-9-16)11-17-14(5)15(19)18-13(3)4/h12-14,17H,6-11H2,1-5H3,(H,18,19). The molecule has 0 aromatic rings. The second kappa shape index (κ2) is 7.28. The molecule has 0 radical (unpaired) electrons. The van der Waals surface area contributed by atoms with Gasteiger partial charge < -0.3 is 10.6 Å². The lowest BCUT2D eigenvalue weighted by molar-refractivity contribution is -0.123. The molecule has 0 aromatic heterocycles. The molecule has 0 aromatic carbocycles. The van der Waals surface area contributed by atoms with Crippen LogP contribution in [0.1, 0.15) is 66.7 Å². The van der Waals surface area contributed by atoms with Crippen LogP contribution in [-0.4, -0.2) is 24.5 Å². The molecule has 1 unspecified atom stereocenters. The second-order valence-corrected chi connectivity index (χ2v) is 7.07. The number of hydrogen-bond donors (Lipinski definition) is 2. The maximum Gasteiger partial charge on any atom is 0.237 e. The van der Waals surface area contributed by atoms with Crippen molar-refractivity contribution in [3.8, 4) is 0 Å². The zero-order valence-electron chi connectivity index (χ0n) is 13.4. The molecule has 19 heavy (non-hydrogen) atoms. The van der Waals surface area contributed by atoms with Gasteiger partial charge in [0.05, 0.1) is 6.04 Å². The monoisotopic (exact) mass is 268 g/mol. The molecular formula is C16H32N2O. The van der Waals surface area contributed by atoms with Crippen molar-refractivity contribution in [2.24, 2.45) is 11.3 Å². The first-order valence-corrected chi connectivity index (χ1v) is 7.88. The number of hydrogen-bond acceptors (Lipinski definition) is 2. The van der Waals surface area contributed by atoms with E-state index in [1.165, 1.54) is 32.1 Å². The summed E-state index contributed by atoms with van der Waals surface area (Å²) in [6.07, 6.45) is 6.61. The first kappa shape index (κ1) is 16.5. The van der Waals surface area contributed by atoms with Crippen LogP contribution < -0.4 is 10.6 Å². The van der Waals surface area contributed by atoms with Gasteiger partial charge in [0.15, 0.2) is 0 Å². The summed E-state index contributed by atoms with van der Waals surface area (Å²) in [5.41, 5.74) is 0.431. The Labute approximate surface area is 118 Å². The van der Waals surface area contributed by atoms with Crippen molar-refractivity contribution >= 4 is 5.91 Å². The van der Waals surface area contributed by atoms with E-state index in [1.54, 1.807) is 0 Å². The summed E-state index contributed by atoms with van der Waals surface area (Å²) in [6.45, 7) is 11.6. The zero-order valence-corrected chi connectivity index (χ0v) is 13.4. The van der Waals surface area contributed by atoms with Crippen molar-refractivity contribution in [2.75, 3.05) is 6.54 Å². The van der Waals surface area contributed by atoms with Gasteiger partial charge in [0, 0.05) is 12.6 Å². The average Bonchev–Trinajstić information content (AvgIpc) is 2.73. The highest BCUT2D eigenvalue weighted by atomic mass is 16.2. The smallest absolute Gasteiger partial charge is 0.237 e. The summed E-state index contributed by atoms with van der Waals surface area (Å²) in [5.74, 6) is 0.854. The van der Waals surface area contributed by atoms with Crippen LogP contribution in [0.3, 0.4) is 0 Å². The maximum absolute atomic E-state index is 11.9. The molecule has 1 amide bonds. The maximum atomic E-state index is 11.9. The van der Waals surface area contributed by atoms with E-state index in [0.29, 0.717) is 5.41 Å². The highest BCUT2D eigenvalue weighted by Crippen LogP contribution is 2.42. The first-order valence-electron chi connectivity index (χ1n) is 7.88. The molecule has 3 nitrogen and oxygen atoms in total. The van der Waals surface area contributed by atoms with E-state index in [0.717, 1.165) is 12.5 Å². The largest absolute Gasteiger partial charge is 0.353 e. The van der Waals surface area contributed by atoms with Gasteiger partial charge in [-0.3, -0.25) is 4.79 Å². The Morgan fingerprint density at radius 1 is 1.11 bits per heavy atom. The lowest BCUT2D eigenvalue weighted by Crippen LogP contribution is -2.47. The van der Waals surface area contributed by atoms with Crippen LogP contribution in [0.4, 0.5) is 0 Å². The Morgan fingerprint density at radius 2 is 1.68 bits per heavy atom. The Bertz CT molecular complexity index is 280. The van der Waals surface area contributed by atoms with Gasteiger partial charge in [0.25, 0.3) is 0 Å². The third-order valence-electron chi connectivity index (χ3n) is 4.11. The van der Waals surface area contributed by atoms with Crippen molar-refractivity contribution in [3.63, 3.8) is 0 Å². The molecule has 0 spiro atoms.